The molecule has 22 nitrogen and oxygen atoms in total. The Kier molecular flexibility index (Phi) is 23.1. The lowest BCUT2D eigenvalue weighted by Crippen LogP contribution is -2.61. The number of rotatable bonds is 27. The fourth-order valence-corrected chi connectivity index (χ4v) is 6.81. The predicted octanol–water partition coefficient (Wildman–Crippen LogP) is -2.77. The summed E-state index contributed by atoms with van der Waals surface area (Å²) < 4.78 is 0. The van der Waals surface area contributed by atoms with Crippen LogP contribution in [0.1, 0.15) is 107 Å². The van der Waals surface area contributed by atoms with Crippen LogP contribution in [0.4, 0.5) is 0 Å². The maximum atomic E-state index is 14.2. The first-order valence-corrected chi connectivity index (χ1v) is 21.1. The highest BCUT2D eigenvalue weighted by atomic mass is 16.4. The Hall–Kier alpha value is -5.38. The van der Waals surface area contributed by atoms with Crippen molar-refractivity contribution < 1.29 is 58.2 Å². The number of carboxylic acids is 1. The molecule has 0 aliphatic carbocycles. The van der Waals surface area contributed by atoms with Crippen molar-refractivity contribution in [1.29, 1.82) is 0 Å². The Morgan fingerprint density at radius 2 is 1.06 bits per heavy atom. The van der Waals surface area contributed by atoms with Crippen molar-refractivity contribution in [2.75, 3.05) is 13.2 Å². The van der Waals surface area contributed by atoms with Crippen molar-refractivity contribution in [3.8, 4) is 0 Å². The Labute approximate surface area is 362 Å². The van der Waals surface area contributed by atoms with E-state index in [0.717, 1.165) is 0 Å². The SMILES string of the molecule is CC[C@H](C)[C@H](NC(=O)[C@@H]1CCCN1C(=O)[C@H](CC(C)C)NC(=O)[C@H](CC(N)=O)NC(=O)[C@H](CC(C)C)NC(=O)[C@H](CO)NC(=O)[C@@H](N)CC(N)=O)C(=O)N[C@@H](CC(C)C)C(=O)O. The summed E-state index contributed by atoms with van der Waals surface area (Å²) in [6, 6.07) is -10.7. The van der Waals surface area contributed by atoms with Crippen LogP contribution in [-0.4, -0.2) is 136 Å². The number of nitrogens with two attached hydrogens (primary N) is 3. The van der Waals surface area contributed by atoms with Gasteiger partial charge in [-0.05, 0) is 55.8 Å². The zero-order valence-corrected chi connectivity index (χ0v) is 37.2. The van der Waals surface area contributed by atoms with E-state index >= 15 is 0 Å². The second-order valence-electron chi connectivity index (χ2n) is 17.2. The summed E-state index contributed by atoms with van der Waals surface area (Å²) >= 11 is 0. The molecule has 0 saturated carbocycles. The molecule has 22 heteroatoms. The zero-order chi connectivity index (χ0) is 47.6. The summed E-state index contributed by atoms with van der Waals surface area (Å²) in [6.07, 6.45) is 0.0551. The number of primary amides is 2. The largest absolute Gasteiger partial charge is 0.480 e. The van der Waals surface area contributed by atoms with E-state index in [2.05, 4.69) is 31.9 Å². The second-order valence-corrected chi connectivity index (χ2v) is 17.2. The minimum Gasteiger partial charge on any atom is -0.480 e. The number of carbonyl (C=O) groups excluding carboxylic acids is 9. The number of aliphatic carboxylic acids is 1. The van der Waals surface area contributed by atoms with E-state index in [9.17, 15) is 58.2 Å². The molecule has 0 radical (unpaired) electrons. The van der Waals surface area contributed by atoms with Crippen molar-refractivity contribution in [1.82, 2.24) is 36.8 Å². The maximum absolute atomic E-state index is 14.2. The van der Waals surface area contributed by atoms with E-state index in [0.29, 0.717) is 12.8 Å². The van der Waals surface area contributed by atoms with Gasteiger partial charge in [-0.3, -0.25) is 43.2 Å². The molecule has 0 bridgehead atoms. The molecule has 1 rings (SSSR count). The number of hydrogen-bond acceptors (Lipinski definition) is 12. The molecule has 62 heavy (non-hydrogen) atoms. The summed E-state index contributed by atoms with van der Waals surface area (Å²) in [4.78, 5) is 131. The van der Waals surface area contributed by atoms with Gasteiger partial charge in [0, 0.05) is 6.54 Å². The first kappa shape index (κ1) is 54.6. The minimum atomic E-state index is -1.65. The van der Waals surface area contributed by atoms with Crippen molar-refractivity contribution in [3.05, 3.63) is 0 Å². The van der Waals surface area contributed by atoms with Crippen LogP contribution in [-0.2, 0) is 47.9 Å². The third-order valence-corrected chi connectivity index (χ3v) is 10.2. The van der Waals surface area contributed by atoms with Crippen LogP contribution in [0.3, 0.4) is 0 Å². The van der Waals surface area contributed by atoms with Crippen molar-refractivity contribution in [2.45, 2.75) is 155 Å². The van der Waals surface area contributed by atoms with Crippen LogP contribution in [0, 0.1) is 23.7 Å². The maximum Gasteiger partial charge on any atom is 0.326 e. The zero-order valence-electron chi connectivity index (χ0n) is 37.2. The number of nitrogens with one attached hydrogen (secondary N) is 6. The molecule has 0 aromatic rings. The monoisotopic (exact) mass is 883 g/mol. The molecule has 1 aliphatic rings. The van der Waals surface area contributed by atoms with E-state index in [1.165, 1.54) is 4.90 Å². The molecular formula is C40H70N10O12. The molecule has 1 fully saturated rings. The van der Waals surface area contributed by atoms with Crippen LogP contribution in [0.25, 0.3) is 0 Å². The standard InChI is InChI=1S/C40H70N10O12/c1-9-22(8)32(38(59)47-27(40(61)62)15-21(6)7)49-37(58)29-11-10-12-50(29)39(60)26(14-20(4)5)46-35(56)25(17-31(43)53)45-34(55)24(13-19(2)3)44-36(57)28(18-51)48-33(54)23(41)16-30(42)52/h19-29,32,51H,9-18,41H2,1-8H3,(H2,42,52)(H2,43,53)(H,44,57)(H,45,55)(H,46,56)(H,47,59)(H,48,54)(H,49,58)(H,61,62)/t22-,23-,24-,25-,26-,27-,28-,29-,32-/m0/s1. The molecule has 9 atom stereocenters. The highest BCUT2D eigenvalue weighted by Gasteiger charge is 2.41. The molecular weight excluding hydrogens is 812 g/mol. The van der Waals surface area contributed by atoms with E-state index in [-0.39, 0.29) is 50.0 Å². The number of likely N-dealkylation sites (tertiary alicyclic amines) is 1. The lowest BCUT2D eigenvalue weighted by molar-refractivity contribution is -0.144. The minimum absolute atomic E-state index is 0.0136. The molecule has 1 saturated heterocycles. The smallest absolute Gasteiger partial charge is 0.326 e. The van der Waals surface area contributed by atoms with Gasteiger partial charge < -0.3 is 64.2 Å². The first-order chi connectivity index (χ1) is 28.8. The molecule has 14 N–H and O–H groups in total. The highest BCUT2D eigenvalue weighted by Crippen LogP contribution is 2.22. The average Bonchev–Trinajstić information content (AvgIpc) is 3.66. The van der Waals surface area contributed by atoms with E-state index in [4.69, 9.17) is 17.2 Å². The van der Waals surface area contributed by atoms with Crippen LogP contribution in [0.5, 0.6) is 0 Å². The van der Waals surface area contributed by atoms with Crippen molar-refractivity contribution in [2.24, 2.45) is 40.9 Å². The van der Waals surface area contributed by atoms with Crippen molar-refractivity contribution >= 4 is 59.1 Å². The lowest BCUT2D eigenvalue weighted by atomic mass is 9.96. The van der Waals surface area contributed by atoms with Crippen molar-refractivity contribution in [3.63, 3.8) is 0 Å². The fourth-order valence-electron chi connectivity index (χ4n) is 6.81. The molecule has 352 valence electrons. The van der Waals surface area contributed by atoms with Gasteiger partial charge in [0.2, 0.25) is 53.2 Å². The normalized spacial score (nSPS) is 17.7. The molecule has 0 spiro atoms. The number of amides is 9. The summed E-state index contributed by atoms with van der Waals surface area (Å²) in [5.41, 5.74) is 16.2. The van der Waals surface area contributed by atoms with Gasteiger partial charge in [0.05, 0.1) is 25.5 Å². The Morgan fingerprint density at radius 1 is 0.613 bits per heavy atom. The molecule has 1 aliphatic heterocycles. The van der Waals surface area contributed by atoms with Gasteiger partial charge in [-0.2, -0.15) is 0 Å². The first-order valence-electron chi connectivity index (χ1n) is 21.1. The number of aliphatic hydroxyl groups is 1. The van der Waals surface area contributed by atoms with Gasteiger partial charge in [-0.25, -0.2) is 4.79 Å². The average molecular weight is 883 g/mol. The van der Waals surface area contributed by atoms with Crippen LogP contribution in [0.2, 0.25) is 0 Å². The Morgan fingerprint density at radius 3 is 1.56 bits per heavy atom. The number of hydrogen-bond donors (Lipinski definition) is 11. The molecule has 1 heterocycles. The van der Waals surface area contributed by atoms with E-state index in [1.807, 2.05) is 20.8 Å². The topological polar surface area (TPSA) is 365 Å². The van der Waals surface area contributed by atoms with E-state index in [1.54, 1.807) is 34.6 Å². The van der Waals surface area contributed by atoms with Crippen LogP contribution >= 0.6 is 0 Å². The molecule has 0 unspecified atom stereocenters. The fraction of sp³-hybridized carbons (Fsp3) is 0.750. The van der Waals surface area contributed by atoms with Crippen LogP contribution in [0.15, 0.2) is 0 Å². The van der Waals surface area contributed by atoms with Gasteiger partial charge in [-0.1, -0.05) is 61.8 Å². The summed E-state index contributed by atoms with van der Waals surface area (Å²) in [6.45, 7) is 13.4. The molecule has 0 aromatic carbocycles. The third kappa shape index (κ3) is 18.3. The molecule has 0 aromatic heterocycles. The van der Waals surface area contributed by atoms with Gasteiger partial charge >= 0.3 is 5.97 Å². The number of carboxylic acid groups (broad SMARTS) is 1. The summed E-state index contributed by atoms with van der Waals surface area (Å²) in [5, 5.41) is 34.4. The third-order valence-electron chi connectivity index (χ3n) is 10.2. The highest BCUT2D eigenvalue weighted by molar-refractivity contribution is 5.99. The summed E-state index contributed by atoms with van der Waals surface area (Å²) in [7, 11) is 0. The molecule has 9 amide bonds. The summed E-state index contributed by atoms with van der Waals surface area (Å²) in [5.74, 6) is -9.83. The van der Waals surface area contributed by atoms with Gasteiger partial charge in [-0.15, -0.1) is 0 Å². The number of nitrogens with zero attached hydrogens (tertiary/aromatic N) is 1. The second kappa shape index (κ2) is 26.2. The van der Waals surface area contributed by atoms with Gasteiger partial charge in [0.15, 0.2) is 0 Å². The quantitative estimate of drug-likeness (QED) is 0.0399. The number of aliphatic hydroxyl groups excluding tert-OH is 1. The lowest BCUT2D eigenvalue weighted by Gasteiger charge is -2.32. The van der Waals surface area contributed by atoms with Crippen LogP contribution < -0.4 is 49.1 Å². The number of carbonyl (C=O) groups is 10. The Balaban J connectivity index is 3.33. The van der Waals surface area contributed by atoms with E-state index < -0.39 is 133 Å². The van der Waals surface area contributed by atoms with Gasteiger partial charge in [0.1, 0.15) is 42.3 Å². The Bertz CT molecular complexity index is 1610. The predicted molar refractivity (Wildman–Crippen MR) is 224 cm³/mol. The van der Waals surface area contributed by atoms with Gasteiger partial charge in [0.25, 0.3) is 0 Å².